The molecule has 2 aromatic carbocycles. The van der Waals surface area contributed by atoms with E-state index < -0.39 is 0 Å². The number of ether oxygens (including phenoxy) is 1. The normalized spacial score (nSPS) is 10.4. The van der Waals surface area contributed by atoms with Crippen LogP contribution < -0.4 is 4.74 Å². The van der Waals surface area contributed by atoms with Gasteiger partial charge in [0.15, 0.2) is 11.5 Å². The van der Waals surface area contributed by atoms with Crippen LogP contribution in [0.25, 0.3) is 10.9 Å². The highest BCUT2D eigenvalue weighted by atomic mass is 16.5. The Morgan fingerprint density at radius 2 is 1.67 bits per heavy atom. The molecule has 0 aliphatic heterocycles. The molecular weight excluding hydrogens is 228 g/mol. The van der Waals surface area contributed by atoms with Gasteiger partial charge in [-0.25, -0.2) is 9.97 Å². The topological polar surface area (TPSA) is 55.2 Å². The van der Waals surface area contributed by atoms with Crippen LogP contribution in [0.2, 0.25) is 0 Å². The molecule has 0 saturated heterocycles. The van der Waals surface area contributed by atoms with E-state index in [1.54, 1.807) is 24.3 Å². The van der Waals surface area contributed by atoms with Gasteiger partial charge in [0.05, 0.1) is 10.9 Å². The average molecular weight is 238 g/mol. The fourth-order valence-electron chi connectivity index (χ4n) is 1.71. The quantitative estimate of drug-likeness (QED) is 0.745. The van der Waals surface area contributed by atoms with Gasteiger partial charge in [-0.2, -0.15) is 0 Å². The standard InChI is InChI=1S/C14H10N2O2/c17-12-7-3-4-8-13(12)18-14-10-5-1-2-6-11(10)15-9-16-14/h1-9,17H. The largest absolute Gasteiger partial charge is 0.504 e. The predicted molar refractivity (Wildman–Crippen MR) is 67.7 cm³/mol. The van der Waals surface area contributed by atoms with Crippen molar-refractivity contribution in [2.75, 3.05) is 0 Å². The van der Waals surface area contributed by atoms with Crippen molar-refractivity contribution < 1.29 is 9.84 Å². The lowest BCUT2D eigenvalue weighted by Crippen LogP contribution is -1.91. The molecule has 0 radical (unpaired) electrons. The molecule has 0 aliphatic rings. The minimum Gasteiger partial charge on any atom is -0.504 e. The fraction of sp³-hybridized carbons (Fsp3) is 0. The lowest BCUT2D eigenvalue weighted by atomic mass is 10.2. The zero-order valence-corrected chi connectivity index (χ0v) is 9.45. The Kier molecular flexibility index (Phi) is 2.53. The van der Waals surface area contributed by atoms with Crippen molar-refractivity contribution in [2.45, 2.75) is 0 Å². The minimum absolute atomic E-state index is 0.0835. The molecule has 0 atom stereocenters. The zero-order valence-electron chi connectivity index (χ0n) is 9.45. The lowest BCUT2D eigenvalue weighted by Gasteiger charge is -2.08. The molecule has 18 heavy (non-hydrogen) atoms. The van der Waals surface area contributed by atoms with Crippen molar-refractivity contribution in [3.8, 4) is 17.4 Å². The number of hydrogen-bond donors (Lipinski definition) is 1. The third kappa shape index (κ3) is 1.84. The van der Waals surface area contributed by atoms with E-state index in [-0.39, 0.29) is 5.75 Å². The number of phenols is 1. The molecule has 0 unspecified atom stereocenters. The van der Waals surface area contributed by atoms with Gasteiger partial charge in [0, 0.05) is 0 Å². The van der Waals surface area contributed by atoms with Gasteiger partial charge in [-0.15, -0.1) is 0 Å². The summed E-state index contributed by atoms with van der Waals surface area (Å²) >= 11 is 0. The van der Waals surface area contributed by atoms with E-state index in [4.69, 9.17) is 4.74 Å². The molecule has 88 valence electrons. The van der Waals surface area contributed by atoms with Crippen LogP contribution in [0, 0.1) is 0 Å². The number of fused-ring (bicyclic) bond motifs is 1. The summed E-state index contributed by atoms with van der Waals surface area (Å²) in [5.41, 5.74) is 0.804. The Balaban J connectivity index is 2.08. The van der Waals surface area contributed by atoms with Crippen molar-refractivity contribution in [3.63, 3.8) is 0 Å². The Hall–Kier alpha value is -2.62. The van der Waals surface area contributed by atoms with Crippen LogP contribution in [0.1, 0.15) is 0 Å². The maximum Gasteiger partial charge on any atom is 0.230 e. The molecule has 0 bridgehead atoms. The second kappa shape index (κ2) is 4.33. The van der Waals surface area contributed by atoms with E-state index in [1.165, 1.54) is 6.33 Å². The molecule has 4 heteroatoms. The number of hydrogen-bond acceptors (Lipinski definition) is 4. The number of phenolic OH excluding ortho intramolecular Hbond substituents is 1. The highest BCUT2D eigenvalue weighted by molar-refractivity contribution is 5.83. The predicted octanol–water partition coefficient (Wildman–Crippen LogP) is 3.13. The van der Waals surface area contributed by atoms with Gasteiger partial charge in [0.2, 0.25) is 5.88 Å². The van der Waals surface area contributed by atoms with E-state index in [0.717, 1.165) is 10.9 Å². The molecule has 0 amide bonds. The van der Waals surface area contributed by atoms with Crippen LogP contribution >= 0.6 is 0 Å². The number of rotatable bonds is 2. The second-order valence-corrected chi connectivity index (χ2v) is 3.77. The van der Waals surface area contributed by atoms with E-state index in [9.17, 15) is 5.11 Å². The molecule has 0 aliphatic carbocycles. The van der Waals surface area contributed by atoms with Crippen molar-refractivity contribution in [2.24, 2.45) is 0 Å². The number of aromatic nitrogens is 2. The number of benzene rings is 2. The smallest absolute Gasteiger partial charge is 0.230 e. The van der Waals surface area contributed by atoms with Gasteiger partial charge in [0.1, 0.15) is 6.33 Å². The fourth-order valence-corrected chi connectivity index (χ4v) is 1.71. The van der Waals surface area contributed by atoms with Crippen LogP contribution in [-0.4, -0.2) is 15.1 Å². The van der Waals surface area contributed by atoms with Crippen molar-refractivity contribution >= 4 is 10.9 Å². The third-order valence-corrected chi connectivity index (χ3v) is 2.58. The first kappa shape index (κ1) is 10.5. The van der Waals surface area contributed by atoms with E-state index in [1.807, 2.05) is 24.3 Å². The lowest BCUT2D eigenvalue weighted by molar-refractivity contribution is 0.405. The highest BCUT2D eigenvalue weighted by Crippen LogP contribution is 2.31. The van der Waals surface area contributed by atoms with Gasteiger partial charge >= 0.3 is 0 Å². The van der Waals surface area contributed by atoms with Gasteiger partial charge in [-0.3, -0.25) is 0 Å². The molecule has 0 spiro atoms. The summed E-state index contributed by atoms with van der Waals surface area (Å²) in [6.07, 6.45) is 1.44. The average Bonchev–Trinajstić information content (AvgIpc) is 2.42. The molecule has 1 N–H and O–H groups in total. The molecule has 3 rings (SSSR count). The highest BCUT2D eigenvalue weighted by Gasteiger charge is 2.07. The van der Waals surface area contributed by atoms with Crippen LogP contribution in [0.3, 0.4) is 0 Å². The van der Waals surface area contributed by atoms with Crippen LogP contribution in [0.4, 0.5) is 0 Å². The van der Waals surface area contributed by atoms with E-state index in [2.05, 4.69) is 9.97 Å². The van der Waals surface area contributed by atoms with Crippen molar-refractivity contribution in [1.82, 2.24) is 9.97 Å². The summed E-state index contributed by atoms with van der Waals surface area (Å²) in [7, 11) is 0. The van der Waals surface area contributed by atoms with E-state index in [0.29, 0.717) is 11.6 Å². The van der Waals surface area contributed by atoms with Crippen LogP contribution in [0.5, 0.6) is 17.4 Å². The van der Waals surface area contributed by atoms with Crippen LogP contribution in [-0.2, 0) is 0 Å². The van der Waals surface area contributed by atoms with Gasteiger partial charge in [-0.1, -0.05) is 24.3 Å². The van der Waals surface area contributed by atoms with Gasteiger partial charge in [-0.05, 0) is 24.3 Å². The molecule has 1 heterocycles. The molecule has 0 saturated carbocycles. The first-order chi connectivity index (χ1) is 8.84. The van der Waals surface area contributed by atoms with Crippen LogP contribution in [0.15, 0.2) is 54.9 Å². The Labute approximate surface area is 104 Å². The summed E-state index contributed by atoms with van der Waals surface area (Å²) in [6.45, 7) is 0. The molecule has 1 aromatic heterocycles. The summed E-state index contributed by atoms with van der Waals surface area (Å²) in [5.74, 6) is 0.892. The van der Waals surface area contributed by atoms with E-state index >= 15 is 0 Å². The zero-order chi connectivity index (χ0) is 12.4. The monoisotopic (exact) mass is 238 g/mol. The summed E-state index contributed by atoms with van der Waals surface area (Å²) in [4.78, 5) is 8.25. The number of nitrogens with zero attached hydrogens (tertiary/aromatic N) is 2. The number of aromatic hydroxyl groups is 1. The number of para-hydroxylation sites is 3. The maximum absolute atomic E-state index is 9.68. The Morgan fingerprint density at radius 3 is 2.56 bits per heavy atom. The summed E-state index contributed by atoms with van der Waals surface area (Å²) < 4.78 is 5.62. The molecule has 4 nitrogen and oxygen atoms in total. The molecule has 3 aromatic rings. The molecular formula is C14H10N2O2. The second-order valence-electron chi connectivity index (χ2n) is 3.77. The molecule has 0 fully saturated rings. The first-order valence-electron chi connectivity index (χ1n) is 5.50. The van der Waals surface area contributed by atoms with Gasteiger partial charge in [0.25, 0.3) is 0 Å². The van der Waals surface area contributed by atoms with Gasteiger partial charge < -0.3 is 9.84 Å². The minimum atomic E-state index is 0.0835. The summed E-state index contributed by atoms with van der Waals surface area (Å²) in [5, 5.41) is 10.5. The Morgan fingerprint density at radius 1 is 0.889 bits per heavy atom. The SMILES string of the molecule is Oc1ccccc1Oc1ncnc2ccccc12. The van der Waals surface area contributed by atoms with Crippen molar-refractivity contribution in [3.05, 3.63) is 54.9 Å². The maximum atomic E-state index is 9.68. The first-order valence-corrected chi connectivity index (χ1v) is 5.50. The Bertz CT molecular complexity index is 693. The van der Waals surface area contributed by atoms with Crippen molar-refractivity contribution in [1.29, 1.82) is 0 Å². The third-order valence-electron chi connectivity index (χ3n) is 2.58. The summed E-state index contributed by atoms with van der Waals surface area (Å²) in [6, 6.07) is 14.3.